The summed E-state index contributed by atoms with van der Waals surface area (Å²) in [5.74, 6) is -0.202. The van der Waals surface area contributed by atoms with E-state index in [0.29, 0.717) is 25.2 Å². The second-order valence-corrected chi connectivity index (χ2v) is 8.54. The third-order valence-electron chi connectivity index (χ3n) is 4.90. The van der Waals surface area contributed by atoms with Crippen molar-refractivity contribution in [2.45, 2.75) is 19.6 Å². The van der Waals surface area contributed by atoms with Crippen LogP contribution in [-0.2, 0) is 19.6 Å². The molecule has 5 aromatic rings. The molecule has 0 radical (unpaired) electrons. The fourth-order valence-corrected chi connectivity index (χ4v) is 4.65. The van der Waals surface area contributed by atoms with Crippen LogP contribution < -0.4 is 0 Å². The third kappa shape index (κ3) is 4.31. The maximum atomic E-state index is 14.4. The number of hydrogen-bond donors (Lipinski definition) is 0. The molecule has 0 spiro atoms. The van der Waals surface area contributed by atoms with Crippen LogP contribution in [0.2, 0.25) is 0 Å². The lowest BCUT2D eigenvalue weighted by atomic mass is 10.2. The lowest BCUT2D eigenvalue weighted by molar-refractivity contribution is 0.236. The van der Waals surface area contributed by atoms with Crippen molar-refractivity contribution >= 4 is 22.7 Å². The second kappa shape index (κ2) is 8.88. The van der Waals surface area contributed by atoms with Gasteiger partial charge < -0.3 is 0 Å². The van der Waals surface area contributed by atoms with Crippen LogP contribution >= 0.6 is 22.7 Å². The zero-order valence-corrected chi connectivity index (χ0v) is 18.0. The highest BCUT2D eigenvalue weighted by atomic mass is 32.1. The Kier molecular flexibility index (Phi) is 5.65. The summed E-state index contributed by atoms with van der Waals surface area (Å²) >= 11 is 2.96. The highest BCUT2D eigenvalue weighted by molar-refractivity contribution is 7.12. The third-order valence-corrected chi connectivity index (χ3v) is 6.28. The minimum absolute atomic E-state index is 0.202. The van der Waals surface area contributed by atoms with Gasteiger partial charge >= 0.3 is 0 Å². The monoisotopic (exact) mass is 451 g/mol. The van der Waals surface area contributed by atoms with Crippen molar-refractivity contribution in [2.24, 2.45) is 0 Å². The Hall–Kier alpha value is -3.21. The van der Waals surface area contributed by atoms with E-state index in [9.17, 15) is 4.39 Å². The molecule has 156 valence electrons. The molecule has 10 heteroatoms. The Labute approximate surface area is 186 Å². The van der Waals surface area contributed by atoms with E-state index in [1.807, 2.05) is 45.8 Å². The molecular weight excluding hydrogens is 433 g/mol. The first-order valence-electron chi connectivity index (χ1n) is 9.59. The van der Waals surface area contributed by atoms with E-state index in [4.69, 9.17) is 0 Å². The molecule has 0 saturated heterocycles. The van der Waals surface area contributed by atoms with Crippen molar-refractivity contribution in [2.75, 3.05) is 0 Å². The average Bonchev–Trinajstić information content (AvgIpc) is 3.56. The minimum atomic E-state index is -0.202. The van der Waals surface area contributed by atoms with Crippen molar-refractivity contribution in [3.63, 3.8) is 0 Å². The number of halogens is 1. The first kappa shape index (κ1) is 19.7. The molecule has 7 nitrogen and oxygen atoms in total. The number of nitrogens with zero attached hydrogens (tertiary/aromatic N) is 7. The molecule has 0 bridgehead atoms. The van der Waals surface area contributed by atoms with Gasteiger partial charge in [-0.2, -0.15) is 0 Å². The Morgan fingerprint density at radius 2 is 1.32 bits per heavy atom. The first-order chi connectivity index (χ1) is 15.3. The molecule has 0 atom stereocenters. The largest absolute Gasteiger partial charge is 0.294 e. The van der Waals surface area contributed by atoms with Gasteiger partial charge in [-0.3, -0.25) is 14.0 Å². The van der Waals surface area contributed by atoms with Crippen LogP contribution in [0.4, 0.5) is 4.39 Å². The van der Waals surface area contributed by atoms with Gasteiger partial charge in [0.05, 0.1) is 0 Å². The standard InChI is InChI=1S/C21H18FN7S2/c22-19-8-2-1-5-16(19)11-27(12-17-6-3-9-28(17)20-25-23-14-30-20)13-18-7-4-10-29(18)21-26-24-15-31-21/h1-10,14-15H,11-13H2. The van der Waals surface area contributed by atoms with Gasteiger partial charge in [-0.25, -0.2) is 4.39 Å². The van der Waals surface area contributed by atoms with Gasteiger partial charge in [-0.15, -0.1) is 20.4 Å². The van der Waals surface area contributed by atoms with Gasteiger partial charge in [0, 0.05) is 49.0 Å². The smallest absolute Gasteiger partial charge is 0.216 e. The summed E-state index contributed by atoms with van der Waals surface area (Å²) in [5, 5.41) is 17.9. The first-order valence-corrected chi connectivity index (χ1v) is 11.3. The summed E-state index contributed by atoms with van der Waals surface area (Å²) < 4.78 is 18.5. The number of hydrogen-bond acceptors (Lipinski definition) is 7. The molecule has 1 aromatic carbocycles. The fraction of sp³-hybridized carbons (Fsp3) is 0.143. The van der Waals surface area contributed by atoms with Gasteiger partial charge in [-0.1, -0.05) is 40.9 Å². The van der Waals surface area contributed by atoms with Crippen LogP contribution in [0.5, 0.6) is 0 Å². The second-order valence-electron chi connectivity index (χ2n) is 6.92. The predicted octanol–water partition coefficient (Wildman–Crippen LogP) is 4.31. The normalized spacial score (nSPS) is 11.4. The topological polar surface area (TPSA) is 64.7 Å². The number of aromatic nitrogens is 6. The van der Waals surface area contributed by atoms with Gasteiger partial charge in [0.25, 0.3) is 0 Å². The van der Waals surface area contributed by atoms with Gasteiger partial charge in [-0.05, 0) is 30.3 Å². The van der Waals surface area contributed by atoms with E-state index in [2.05, 4.69) is 37.4 Å². The molecule has 0 aliphatic heterocycles. The molecule has 0 aliphatic carbocycles. The van der Waals surface area contributed by atoms with E-state index in [-0.39, 0.29) is 5.82 Å². The summed E-state index contributed by atoms with van der Waals surface area (Å²) in [6, 6.07) is 15.0. The zero-order valence-electron chi connectivity index (χ0n) is 16.4. The van der Waals surface area contributed by atoms with Crippen LogP contribution in [0, 0.1) is 5.82 Å². The molecule has 0 aliphatic rings. The Morgan fingerprint density at radius 1 is 0.742 bits per heavy atom. The molecule has 31 heavy (non-hydrogen) atoms. The molecule has 0 saturated carbocycles. The van der Waals surface area contributed by atoms with Gasteiger partial charge in [0.15, 0.2) is 0 Å². The SMILES string of the molecule is Fc1ccccc1CN(Cc1cccn1-c1nncs1)Cc1cccn1-c1nncs1. The van der Waals surface area contributed by atoms with Crippen LogP contribution in [0.15, 0.2) is 71.9 Å². The molecule has 4 heterocycles. The maximum Gasteiger partial charge on any atom is 0.216 e. The predicted molar refractivity (Wildman–Crippen MR) is 118 cm³/mol. The van der Waals surface area contributed by atoms with Gasteiger partial charge in [0.1, 0.15) is 16.8 Å². The molecule has 0 unspecified atom stereocenters. The summed E-state index contributed by atoms with van der Waals surface area (Å²) in [7, 11) is 0. The van der Waals surface area contributed by atoms with E-state index >= 15 is 0 Å². The highest BCUT2D eigenvalue weighted by Crippen LogP contribution is 2.21. The van der Waals surface area contributed by atoms with Gasteiger partial charge in [0.2, 0.25) is 10.3 Å². The lowest BCUT2D eigenvalue weighted by Gasteiger charge is -2.24. The average molecular weight is 452 g/mol. The summed E-state index contributed by atoms with van der Waals surface area (Å²) in [6.45, 7) is 1.69. The zero-order chi connectivity index (χ0) is 21.0. The van der Waals surface area contributed by atoms with Crippen molar-refractivity contribution in [1.29, 1.82) is 0 Å². The Balaban J connectivity index is 1.46. The van der Waals surface area contributed by atoms with Crippen LogP contribution in [0.1, 0.15) is 17.0 Å². The van der Waals surface area contributed by atoms with E-state index < -0.39 is 0 Å². The number of rotatable bonds is 8. The summed E-state index contributed by atoms with van der Waals surface area (Å²) in [5.41, 5.74) is 6.20. The number of benzene rings is 1. The van der Waals surface area contributed by atoms with Crippen molar-refractivity contribution < 1.29 is 4.39 Å². The maximum absolute atomic E-state index is 14.4. The molecule has 4 aromatic heterocycles. The van der Waals surface area contributed by atoms with E-state index in [1.165, 1.54) is 28.7 Å². The van der Waals surface area contributed by atoms with Crippen LogP contribution in [-0.4, -0.2) is 34.4 Å². The highest BCUT2D eigenvalue weighted by Gasteiger charge is 2.17. The minimum Gasteiger partial charge on any atom is -0.294 e. The lowest BCUT2D eigenvalue weighted by Crippen LogP contribution is -2.25. The summed E-state index contributed by atoms with van der Waals surface area (Å²) in [6.07, 6.45) is 3.95. The molecule has 0 amide bonds. The fourth-order valence-electron chi connectivity index (χ4n) is 3.50. The van der Waals surface area contributed by atoms with E-state index in [1.54, 1.807) is 17.1 Å². The molecule has 0 fully saturated rings. The molecular formula is C21H18FN7S2. The van der Waals surface area contributed by atoms with Crippen molar-refractivity contribution in [3.8, 4) is 10.3 Å². The Morgan fingerprint density at radius 3 is 1.84 bits per heavy atom. The molecule has 5 rings (SSSR count). The van der Waals surface area contributed by atoms with E-state index in [0.717, 1.165) is 21.7 Å². The quantitative estimate of drug-likeness (QED) is 0.352. The Bertz CT molecular complexity index is 1170. The van der Waals surface area contributed by atoms with Crippen LogP contribution in [0.25, 0.3) is 10.3 Å². The molecule has 0 N–H and O–H groups in total. The van der Waals surface area contributed by atoms with Crippen molar-refractivity contribution in [3.05, 3.63) is 94.7 Å². The van der Waals surface area contributed by atoms with Crippen molar-refractivity contribution in [1.82, 2.24) is 34.4 Å². The van der Waals surface area contributed by atoms with Crippen LogP contribution in [0.3, 0.4) is 0 Å². The summed E-state index contributed by atoms with van der Waals surface area (Å²) in [4.78, 5) is 2.21.